The van der Waals surface area contributed by atoms with Crippen molar-refractivity contribution in [3.63, 3.8) is 0 Å². The molecule has 2 rings (SSSR count). The molecule has 0 unspecified atom stereocenters. The number of anilines is 1. The highest BCUT2D eigenvalue weighted by Crippen LogP contribution is 2.26. The van der Waals surface area contributed by atoms with Crippen LogP contribution in [0.4, 0.5) is 15.8 Å². The van der Waals surface area contributed by atoms with E-state index in [1.165, 1.54) is 0 Å². The van der Waals surface area contributed by atoms with Gasteiger partial charge < -0.3 is 5.32 Å². The average Bonchev–Trinajstić information content (AvgIpc) is 2.40. The first-order chi connectivity index (χ1) is 9.88. The molecular weight excluding hydrogens is 343 g/mol. The molecule has 0 radical (unpaired) electrons. The molecule has 0 aliphatic carbocycles. The standard InChI is InChI=1S/C14H10BrFN2O3/c1-8-2-4-10(11(15)6-8)14(19)17-12-5-3-9(16)7-13(12)18(20)21/h2-7H,1H3,(H,17,19). The maximum atomic E-state index is 13.1. The Hall–Kier alpha value is -2.28. The zero-order valence-corrected chi connectivity index (χ0v) is 12.5. The molecule has 2 aromatic carbocycles. The lowest BCUT2D eigenvalue weighted by atomic mass is 10.1. The lowest BCUT2D eigenvalue weighted by Crippen LogP contribution is -2.14. The predicted octanol–water partition coefficient (Wildman–Crippen LogP) is 4.06. The summed E-state index contributed by atoms with van der Waals surface area (Å²) in [4.78, 5) is 22.3. The Balaban J connectivity index is 2.34. The molecule has 1 amide bonds. The highest BCUT2D eigenvalue weighted by Gasteiger charge is 2.18. The van der Waals surface area contributed by atoms with E-state index >= 15 is 0 Å². The van der Waals surface area contributed by atoms with Gasteiger partial charge >= 0.3 is 0 Å². The number of hydrogen-bond acceptors (Lipinski definition) is 3. The number of hydrogen-bond donors (Lipinski definition) is 1. The van der Waals surface area contributed by atoms with E-state index in [4.69, 9.17) is 0 Å². The largest absolute Gasteiger partial charge is 0.316 e. The Morgan fingerprint density at radius 1 is 1.29 bits per heavy atom. The van der Waals surface area contributed by atoms with Gasteiger partial charge in [0.15, 0.2) is 0 Å². The molecule has 0 aliphatic rings. The third-order valence-electron chi connectivity index (χ3n) is 2.77. The number of rotatable bonds is 3. The van der Waals surface area contributed by atoms with Crippen molar-refractivity contribution in [3.05, 3.63) is 67.9 Å². The number of carbonyl (C=O) groups excluding carboxylic acids is 1. The van der Waals surface area contributed by atoms with E-state index in [9.17, 15) is 19.3 Å². The van der Waals surface area contributed by atoms with Crippen molar-refractivity contribution in [2.24, 2.45) is 0 Å². The number of amides is 1. The van der Waals surface area contributed by atoms with Gasteiger partial charge in [-0.1, -0.05) is 6.07 Å². The fourth-order valence-electron chi connectivity index (χ4n) is 1.76. The third-order valence-corrected chi connectivity index (χ3v) is 3.43. The van der Waals surface area contributed by atoms with Crippen LogP contribution >= 0.6 is 15.9 Å². The fourth-order valence-corrected chi connectivity index (χ4v) is 2.43. The van der Waals surface area contributed by atoms with Crippen LogP contribution in [0.25, 0.3) is 0 Å². The molecule has 0 saturated heterocycles. The van der Waals surface area contributed by atoms with Crippen molar-refractivity contribution < 1.29 is 14.1 Å². The van der Waals surface area contributed by atoms with Crippen molar-refractivity contribution in [2.45, 2.75) is 6.92 Å². The van der Waals surface area contributed by atoms with Crippen LogP contribution in [0.15, 0.2) is 40.9 Å². The molecule has 5 nitrogen and oxygen atoms in total. The number of carbonyl (C=O) groups is 1. The zero-order chi connectivity index (χ0) is 15.6. The Morgan fingerprint density at radius 3 is 2.62 bits per heavy atom. The first-order valence-electron chi connectivity index (χ1n) is 5.90. The lowest BCUT2D eigenvalue weighted by Gasteiger charge is -2.08. The predicted molar refractivity (Wildman–Crippen MR) is 79.9 cm³/mol. The van der Waals surface area contributed by atoms with E-state index in [1.54, 1.807) is 18.2 Å². The summed E-state index contributed by atoms with van der Waals surface area (Å²) in [6, 6.07) is 8.08. The van der Waals surface area contributed by atoms with E-state index < -0.39 is 22.3 Å². The van der Waals surface area contributed by atoms with Gasteiger partial charge in [-0.25, -0.2) is 4.39 Å². The summed E-state index contributed by atoms with van der Waals surface area (Å²) in [5.74, 6) is -1.26. The summed E-state index contributed by atoms with van der Waals surface area (Å²) < 4.78 is 13.6. The summed E-state index contributed by atoms with van der Waals surface area (Å²) in [6.45, 7) is 1.87. The van der Waals surface area contributed by atoms with Crippen LogP contribution < -0.4 is 5.32 Å². The number of nitro groups is 1. The molecule has 1 N–H and O–H groups in total. The first-order valence-corrected chi connectivity index (χ1v) is 6.69. The van der Waals surface area contributed by atoms with E-state index in [2.05, 4.69) is 21.2 Å². The minimum absolute atomic E-state index is 0.0566. The molecule has 108 valence electrons. The maximum Gasteiger partial charge on any atom is 0.295 e. The highest BCUT2D eigenvalue weighted by atomic mass is 79.9. The second kappa shape index (κ2) is 6.01. The van der Waals surface area contributed by atoms with Crippen molar-refractivity contribution in [3.8, 4) is 0 Å². The number of nitrogens with one attached hydrogen (secondary N) is 1. The van der Waals surface area contributed by atoms with Crippen LogP contribution in [-0.2, 0) is 0 Å². The van der Waals surface area contributed by atoms with Crippen molar-refractivity contribution >= 4 is 33.2 Å². The van der Waals surface area contributed by atoms with Gasteiger partial charge in [0.05, 0.1) is 16.6 Å². The van der Waals surface area contributed by atoms with Crippen LogP contribution in [0.3, 0.4) is 0 Å². The monoisotopic (exact) mass is 352 g/mol. The Kier molecular flexibility index (Phi) is 4.32. The van der Waals surface area contributed by atoms with Crippen LogP contribution in [0.2, 0.25) is 0 Å². The van der Waals surface area contributed by atoms with Crippen LogP contribution in [0.1, 0.15) is 15.9 Å². The van der Waals surface area contributed by atoms with Gasteiger partial charge in [0.2, 0.25) is 0 Å². The lowest BCUT2D eigenvalue weighted by molar-refractivity contribution is -0.384. The van der Waals surface area contributed by atoms with E-state index in [0.29, 0.717) is 10.0 Å². The molecule has 0 bridgehead atoms. The molecule has 0 aliphatic heterocycles. The minimum atomic E-state index is -0.747. The van der Waals surface area contributed by atoms with E-state index in [0.717, 1.165) is 23.8 Å². The summed E-state index contributed by atoms with van der Waals surface area (Å²) in [5, 5.41) is 13.3. The molecule has 0 fully saturated rings. The number of benzene rings is 2. The second-order valence-corrected chi connectivity index (χ2v) is 5.21. The molecule has 2 aromatic rings. The molecule has 0 saturated carbocycles. The van der Waals surface area contributed by atoms with Crippen molar-refractivity contribution in [1.82, 2.24) is 0 Å². The first kappa shape index (κ1) is 15.1. The summed E-state index contributed by atoms with van der Waals surface area (Å²) in [7, 11) is 0. The summed E-state index contributed by atoms with van der Waals surface area (Å²) in [5.41, 5.74) is 0.746. The van der Waals surface area contributed by atoms with Gasteiger partial charge in [-0.2, -0.15) is 0 Å². The Labute approximate surface area is 128 Å². The quantitative estimate of drug-likeness (QED) is 0.668. The Morgan fingerprint density at radius 2 is 2.00 bits per heavy atom. The molecular formula is C14H10BrFN2O3. The molecule has 0 heterocycles. The third kappa shape index (κ3) is 3.43. The van der Waals surface area contributed by atoms with Crippen molar-refractivity contribution in [2.75, 3.05) is 5.32 Å². The topological polar surface area (TPSA) is 72.2 Å². The van der Waals surface area contributed by atoms with Gasteiger partial charge in [-0.15, -0.1) is 0 Å². The SMILES string of the molecule is Cc1ccc(C(=O)Nc2ccc(F)cc2[N+](=O)[O-])c(Br)c1. The van der Waals surface area contributed by atoms with Crippen LogP contribution in [0, 0.1) is 22.9 Å². The summed E-state index contributed by atoms with van der Waals surface area (Å²) in [6.07, 6.45) is 0. The zero-order valence-electron chi connectivity index (χ0n) is 10.9. The molecule has 0 atom stereocenters. The van der Waals surface area contributed by atoms with Crippen LogP contribution in [-0.4, -0.2) is 10.8 Å². The normalized spacial score (nSPS) is 10.2. The van der Waals surface area contributed by atoms with Gasteiger partial charge in [0.1, 0.15) is 11.5 Å². The molecule has 7 heteroatoms. The fraction of sp³-hybridized carbons (Fsp3) is 0.0714. The smallest absolute Gasteiger partial charge is 0.295 e. The number of nitro benzene ring substituents is 1. The number of nitrogens with zero attached hydrogens (tertiary/aromatic N) is 1. The highest BCUT2D eigenvalue weighted by molar-refractivity contribution is 9.10. The van der Waals surface area contributed by atoms with E-state index in [1.807, 2.05) is 6.92 Å². The summed E-state index contributed by atoms with van der Waals surface area (Å²) >= 11 is 3.27. The average molecular weight is 353 g/mol. The second-order valence-electron chi connectivity index (χ2n) is 4.36. The van der Waals surface area contributed by atoms with Crippen molar-refractivity contribution in [1.29, 1.82) is 0 Å². The van der Waals surface area contributed by atoms with Crippen LogP contribution in [0.5, 0.6) is 0 Å². The van der Waals surface area contributed by atoms with Gasteiger partial charge in [0, 0.05) is 4.47 Å². The van der Waals surface area contributed by atoms with Gasteiger partial charge in [0.25, 0.3) is 11.6 Å². The van der Waals surface area contributed by atoms with E-state index in [-0.39, 0.29) is 5.69 Å². The Bertz CT molecular complexity index is 734. The maximum absolute atomic E-state index is 13.1. The minimum Gasteiger partial charge on any atom is -0.316 e. The molecule has 0 spiro atoms. The number of aryl methyl sites for hydroxylation is 1. The molecule has 21 heavy (non-hydrogen) atoms. The molecule has 0 aromatic heterocycles. The van der Waals surface area contributed by atoms with Gasteiger partial charge in [-0.3, -0.25) is 14.9 Å². The number of halogens is 2. The van der Waals surface area contributed by atoms with Gasteiger partial charge in [-0.05, 0) is 52.7 Å².